The minimum atomic E-state index is 0.0598. The summed E-state index contributed by atoms with van der Waals surface area (Å²) in [6, 6.07) is 0.0598. The van der Waals surface area contributed by atoms with Crippen molar-refractivity contribution in [2.24, 2.45) is 5.92 Å². The smallest absolute Gasteiger partial charge is 0.237 e. The van der Waals surface area contributed by atoms with E-state index in [1.165, 1.54) is 38.8 Å². The Hall–Kier alpha value is -0.610. The van der Waals surface area contributed by atoms with Crippen molar-refractivity contribution >= 4 is 5.91 Å². The van der Waals surface area contributed by atoms with E-state index in [1.54, 1.807) is 0 Å². The van der Waals surface area contributed by atoms with Gasteiger partial charge in [-0.05, 0) is 64.2 Å². The first-order valence-electron chi connectivity index (χ1n) is 7.99. The molecule has 2 fully saturated rings. The lowest BCUT2D eigenvalue weighted by atomic mass is 9.99. The first-order valence-corrected chi connectivity index (χ1v) is 7.99. The zero-order chi connectivity index (χ0) is 13.5. The quantitative estimate of drug-likeness (QED) is 0.739. The molecule has 0 aromatic rings. The Morgan fingerprint density at radius 2 is 2.05 bits per heavy atom. The lowest BCUT2D eigenvalue weighted by Gasteiger charge is -2.30. The fourth-order valence-electron chi connectivity index (χ4n) is 3.00. The van der Waals surface area contributed by atoms with Gasteiger partial charge in [0.2, 0.25) is 5.91 Å². The zero-order valence-electron chi connectivity index (χ0n) is 12.3. The van der Waals surface area contributed by atoms with Crippen LogP contribution in [0.4, 0.5) is 0 Å². The number of rotatable bonds is 5. The third kappa shape index (κ3) is 5.11. The van der Waals surface area contributed by atoms with Gasteiger partial charge in [-0.3, -0.25) is 4.79 Å². The Balaban J connectivity index is 1.52. The van der Waals surface area contributed by atoms with Crippen LogP contribution in [0.15, 0.2) is 0 Å². The molecule has 2 saturated heterocycles. The van der Waals surface area contributed by atoms with Crippen LogP contribution in [0.1, 0.15) is 45.4 Å². The number of nitrogens with one attached hydrogen (secondary N) is 2. The molecule has 2 rings (SSSR count). The molecular formula is C15H29N3O. The maximum Gasteiger partial charge on any atom is 0.237 e. The molecule has 2 aliphatic rings. The summed E-state index contributed by atoms with van der Waals surface area (Å²) in [7, 11) is 0. The average molecular weight is 267 g/mol. The zero-order valence-corrected chi connectivity index (χ0v) is 12.3. The highest BCUT2D eigenvalue weighted by Gasteiger charge is 2.20. The molecule has 1 amide bonds. The van der Waals surface area contributed by atoms with Gasteiger partial charge >= 0.3 is 0 Å². The molecule has 0 unspecified atom stereocenters. The van der Waals surface area contributed by atoms with E-state index in [9.17, 15) is 4.79 Å². The minimum Gasteiger partial charge on any atom is -0.355 e. The van der Waals surface area contributed by atoms with E-state index in [1.807, 2.05) is 0 Å². The Bertz CT molecular complexity index is 269. The summed E-state index contributed by atoms with van der Waals surface area (Å²) in [5.41, 5.74) is 0. The molecule has 2 aliphatic heterocycles. The van der Waals surface area contributed by atoms with Crippen LogP contribution in [-0.2, 0) is 4.79 Å². The van der Waals surface area contributed by atoms with Gasteiger partial charge in [0.1, 0.15) is 0 Å². The summed E-state index contributed by atoms with van der Waals surface area (Å²) < 4.78 is 0. The largest absolute Gasteiger partial charge is 0.355 e. The van der Waals surface area contributed by atoms with Crippen LogP contribution >= 0.6 is 0 Å². The number of carbonyl (C=O) groups excluding carboxylic acids is 1. The Morgan fingerprint density at radius 1 is 1.26 bits per heavy atom. The van der Waals surface area contributed by atoms with E-state index >= 15 is 0 Å². The van der Waals surface area contributed by atoms with Crippen LogP contribution in [-0.4, -0.2) is 49.6 Å². The maximum atomic E-state index is 11.9. The topological polar surface area (TPSA) is 44.4 Å². The van der Waals surface area contributed by atoms with Gasteiger partial charge in [-0.15, -0.1) is 0 Å². The summed E-state index contributed by atoms with van der Waals surface area (Å²) >= 11 is 0. The molecule has 0 saturated carbocycles. The highest BCUT2D eigenvalue weighted by atomic mass is 16.2. The number of piperidine rings is 2. The van der Waals surface area contributed by atoms with Gasteiger partial charge in [0.25, 0.3) is 0 Å². The van der Waals surface area contributed by atoms with Crippen LogP contribution in [0, 0.1) is 5.92 Å². The van der Waals surface area contributed by atoms with Gasteiger partial charge < -0.3 is 15.5 Å². The number of hydrogen-bond acceptors (Lipinski definition) is 3. The number of nitrogens with zero attached hydrogens (tertiary/aromatic N) is 1. The van der Waals surface area contributed by atoms with Crippen molar-refractivity contribution in [2.75, 3.05) is 32.7 Å². The van der Waals surface area contributed by atoms with Crippen LogP contribution < -0.4 is 10.6 Å². The predicted molar refractivity (Wildman–Crippen MR) is 78.1 cm³/mol. The molecule has 4 heteroatoms. The summed E-state index contributed by atoms with van der Waals surface area (Å²) in [6.07, 6.45) is 7.12. The third-order valence-corrected chi connectivity index (χ3v) is 4.45. The number of amides is 1. The van der Waals surface area contributed by atoms with Gasteiger partial charge in [0, 0.05) is 6.54 Å². The Kier molecular flexibility index (Phi) is 6.11. The van der Waals surface area contributed by atoms with Gasteiger partial charge in [-0.1, -0.05) is 13.3 Å². The van der Waals surface area contributed by atoms with Crippen LogP contribution in [0.25, 0.3) is 0 Å². The van der Waals surface area contributed by atoms with E-state index in [0.29, 0.717) is 0 Å². The monoisotopic (exact) mass is 267 g/mol. The molecule has 0 spiro atoms. The highest BCUT2D eigenvalue weighted by Crippen LogP contribution is 2.15. The molecule has 2 heterocycles. The van der Waals surface area contributed by atoms with Gasteiger partial charge in [0.15, 0.2) is 0 Å². The van der Waals surface area contributed by atoms with Crippen molar-refractivity contribution in [2.45, 2.75) is 51.5 Å². The molecule has 0 aromatic heterocycles. The van der Waals surface area contributed by atoms with Crippen molar-refractivity contribution in [3.05, 3.63) is 0 Å². The molecule has 1 atom stereocenters. The van der Waals surface area contributed by atoms with Gasteiger partial charge in [-0.2, -0.15) is 0 Å². The summed E-state index contributed by atoms with van der Waals surface area (Å²) in [6.45, 7) is 7.76. The van der Waals surface area contributed by atoms with Crippen LogP contribution in [0.3, 0.4) is 0 Å². The summed E-state index contributed by atoms with van der Waals surface area (Å²) in [5, 5.41) is 6.36. The first-order chi connectivity index (χ1) is 9.25. The third-order valence-electron chi connectivity index (χ3n) is 4.45. The van der Waals surface area contributed by atoms with E-state index < -0.39 is 0 Å². The average Bonchev–Trinajstić information content (AvgIpc) is 2.46. The van der Waals surface area contributed by atoms with E-state index in [2.05, 4.69) is 22.5 Å². The second-order valence-corrected chi connectivity index (χ2v) is 6.17. The van der Waals surface area contributed by atoms with Crippen molar-refractivity contribution in [1.29, 1.82) is 0 Å². The second-order valence-electron chi connectivity index (χ2n) is 6.17. The first kappa shape index (κ1) is 14.8. The van der Waals surface area contributed by atoms with Crippen molar-refractivity contribution in [3.63, 3.8) is 0 Å². The molecule has 0 aliphatic carbocycles. The van der Waals surface area contributed by atoms with Crippen LogP contribution in [0.2, 0.25) is 0 Å². The van der Waals surface area contributed by atoms with Crippen molar-refractivity contribution in [1.82, 2.24) is 15.5 Å². The molecule has 2 N–H and O–H groups in total. The molecular weight excluding hydrogens is 238 g/mol. The molecule has 19 heavy (non-hydrogen) atoms. The maximum absolute atomic E-state index is 11.9. The Labute approximate surface area is 117 Å². The number of hydrogen-bond donors (Lipinski definition) is 2. The van der Waals surface area contributed by atoms with E-state index in [-0.39, 0.29) is 11.9 Å². The number of likely N-dealkylation sites (tertiary alicyclic amines) is 1. The van der Waals surface area contributed by atoms with Crippen LogP contribution in [0.5, 0.6) is 0 Å². The molecule has 0 aromatic carbocycles. The number of carbonyl (C=O) groups is 1. The fourth-order valence-corrected chi connectivity index (χ4v) is 3.00. The normalized spacial score (nSPS) is 26.3. The minimum absolute atomic E-state index is 0.0598. The SMILES string of the molecule is CC1CCN(CCCNC(=O)[C@H]2CCCCN2)CC1. The second kappa shape index (κ2) is 7.85. The van der Waals surface area contributed by atoms with E-state index in [4.69, 9.17) is 0 Å². The lowest BCUT2D eigenvalue weighted by molar-refractivity contribution is -0.123. The van der Waals surface area contributed by atoms with Crippen molar-refractivity contribution < 1.29 is 4.79 Å². The standard InChI is InChI=1S/C15H29N3O/c1-13-6-11-18(12-7-13)10-4-9-17-15(19)14-5-2-3-8-16-14/h13-14,16H,2-12H2,1H3,(H,17,19)/t14-/m1/s1. The molecule has 0 radical (unpaired) electrons. The summed E-state index contributed by atoms with van der Waals surface area (Å²) in [4.78, 5) is 14.4. The van der Waals surface area contributed by atoms with E-state index in [0.717, 1.165) is 38.4 Å². The lowest BCUT2D eigenvalue weighted by Crippen LogP contribution is -2.47. The van der Waals surface area contributed by atoms with Gasteiger partial charge in [0.05, 0.1) is 6.04 Å². The molecule has 4 nitrogen and oxygen atoms in total. The summed E-state index contributed by atoms with van der Waals surface area (Å²) in [5.74, 6) is 1.10. The van der Waals surface area contributed by atoms with Gasteiger partial charge in [-0.25, -0.2) is 0 Å². The Morgan fingerprint density at radius 3 is 2.74 bits per heavy atom. The molecule has 110 valence electrons. The van der Waals surface area contributed by atoms with Crippen molar-refractivity contribution in [3.8, 4) is 0 Å². The fraction of sp³-hybridized carbons (Fsp3) is 0.933. The molecule has 0 bridgehead atoms. The highest BCUT2D eigenvalue weighted by molar-refractivity contribution is 5.81. The predicted octanol–water partition coefficient (Wildman–Crippen LogP) is 1.37.